The molecule has 0 saturated carbocycles. The Hall–Kier alpha value is -2.58. The van der Waals surface area contributed by atoms with E-state index in [2.05, 4.69) is 12.2 Å². The summed E-state index contributed by atoms with van der Waals surface area (Å²) < 4.78 is 41.4. The van der Waals surface area contributed by atoms with Crippen LogP contribution in [0.1, 0.15) is 49.4 Å². The first-order valence-electron chi connectivity index (χ1n) is 9.07. The predicted molar refractivity (Wildman–Crippen MR) is 97.1 cm³/mol. The Morgan fingerprint density at radius 1 is 0.964 bits per heavy atom. The highest BCUT2D eigenvalue weighted by Gasteiger charge is 2.27. The zero-order valence-electron chi connectivity index (χ0n) is 15.7. The van der Waals surface area contributed by atoms with Crippen molar-refractivity contribution in [3.8, 4) is 5.75 Å². The molecule has 2 N–H and O–H groups in total. The fraction of sp³-hybridized carbons (Fsp3) is 0.526. The molecular formula is C19H25F3N2O4. The van der Waals surface area contributed by atoms with Crippen LogP contribution in [0.2, 0.25) is 0 Å². The van der Waals surface area contributed by atoms with Crippen LogP contribution in [0.3, 0.4) is 0 Å². The highest BCUT2D eigenvalue weighted by molar-refractivity contribution is 5.98. The first-order valence-corrected chi connectivity index (χ1v) is 9.07. The van der Waals surface area contributed by atoms with Gasteiger partial charge in [0.15, 0.2) is 5.78 Å². The van der Waals surface area contributed by atoms with Crippen LogP contribution in [-0.4, -0.2) is 43.5 Å². The lowest BCUT2D eigenvalue weighted by Crippen LogP contribution is -2.40. The van der Waals surface area contributed by atoms with E-state index in [9.17, 15) is 27.6 Å². The predicted octanol–water partition coefficient (Wildman–Crippen LogP) is 3.01. The number of alkyl halides is 3. The van der Waals surface area contributed by atoms with Gasteiger partial charge in [0, 0.05) is 18.4 Å². The summed E-state index contributed by atoms with van der Waals surface area (Å²) in [6, 6.07) is 6.59. The number of hydrogen-bond donors (Lipinski definition) is 2. The third kappa shape index (κ3) is 10.5. The Balaban J connectivity index is 2.29. The minimum absolute atomic E-state index is 0.0767. The molecule has 28 heavy (non-hydrogen) atoms. The van der Waals surface area contributed by atoms with Gasteiger partial charge >= 0.3 is 6.18 Å². The average Bonchev–Trinajstić information content (AvgIpc) is 2.66. The van der Waals surface area contributed by atoms with Crippen molar-refractivity contribution in [1.82, 2.24) is 10.6 Å². The molecule has 0 heterocycles. The SMILES string of the molecule is CCCCCOc1ccc(C(=O)CCC(=O)NCC(=O)NCC(F)(F)F)cc1. The van der Waals surface area contributed by atoms with E-state index in [0.717, 1.165) is 19.3 Å². The quantitative estimate of drug-likeness (QED) is 0.416. The van der Waals surface area contributed by atoms with Crippen molar-refractivity contribution in [2.24, 2.45) is 0 Å². The molecule has 1 rings (SSSR count). The topological polar surface area (TPSA) is 84.5 Å². The Morgan fingerprint density at radius 3 is 2.25 bits per heavy atom. The number of benzene rings is 1. The van der Waals surface area contributed by atoms with Crippen molar-refractivity contribution in [1.29, 1.82) is 0 Å². The van der Waals surface area contributed by atoms with Crippen LogP contribution < -0.4 is 15.4 Å². The van der Waals surface area contributed by atoms with Gasteiger partial charge in [-0.25, -0.2) is 0 Å². The van der Waals surface area contributed by atoms with Crippen LogP contribution in [0.15, 0.2) is 24.3 Å². The normalized spacial score (nSPS) is 11.0. The van der Waals surface area contributed by atoms with Gasteiger partial charge in [-0.05, 0) is 30.7 Å². The molecule has 0 bridgehead atoms. The van der Waals surface area contributed by atoms with Crippen molar-refractivity contribution in [3.05, 3.63) is 29.8 Å². The number of unbranched alkanes of at least 4 members (excludes halogenated alkanes) is 2. The van der Waals surface area contributed by atoms with Gasteiger partial charge in [0.2, 0.25) is 11.8 Å². The minimum Gasteiger partial charge on any atom is -0.494 e. The molecule has 0 saturated heterocycles. The summed E-state index contributed by atoms with van der Waals surface area (Å²) in [5.74, 6) is -1.14. The fourth-order valence-electron chi connectivity index (χ4n) is 2.18. The van der Waals surface area contributed by atoms with Gasteiger partial charge in [-0.3, -0.25) is 14.4 Å². The van der Waals surface area contributed by atoms with E-state index < -0.39 is 31.1 Å². The summed E-state index contributed by atoms with van der Waals surface area (Å²) >= 11 is 0. The van der Waals surface area contributed by atoms with Gasteiger partial charge in [-0.1, -0.05) is 19.8 Å². The highest BCUT2D eigenvalue weighted by atomic mass is 19.4. The molecule has 9 heteroatoms. The van der Waals surface area contributed by atoms with E-state index in [1.54, 1.807) is 29.6 Å². The number of rotatable bonds is 12. The number of ketones is 1. The number of halogens is 3. The zero-order valence-corrected chi connectivity index (χ0v) is 15.7. The number of amides is 2. The standard InChI is InChI=1S/C19H25F3N2O4/c1-2-3-4-11-28-15-7-5-14(6-8-15)16(25)9-10-17(26)23-12-18(27)24-13-19(20,21)22/h5-8H,2-4,9-13H2,1H3,(H,23,26)(H,24,27). The van der Waals surface area contributed by atoms with Crippen LogP contribution in [0.5, 0.6) is 5.75 Å². The molecular weight excluding hydrogens is 377 g/mol. The first-order chi connectivity index (χ1) is 13.2. The summed E-state index contributed by atoms with van der Waals surface area (Å²) in [4.78, 5) is 34.9. The molecule has 0 aliphatic carbocycles. The molecule has 0 atom stereocenters. The van der Waals surface area contributed by atoms with Gasteiger partial charge in [0.05, 0.1) is 13.2 Å². The summed E-state index contributed by atoms with van der Waals surface area (Å²) in [5.41, 5.74) is 0.427. The summed E-state index contributed by atoms with van der Waals surface area (Å²) in [6.07, 6.45) is -1.61. The van der Waals surface area contributed by atoms with Crippen LogP contribution in [0.25, 0.3) is 0 Å². The molecule has 6 nitrogen and oxygen atoms in total. The molecule has 1 aromatic rings. The lowest BCUT2D eigenvalue weighted by Gasteiger charge is -2.09. The fourth-order valence-corrected chi connectivity index (χ4v) is 2.18. The third-order valence-electron chi connectivity index (χ3n) is 3.70. The molecule has 0 aromatic heterocycles. The van der Waals surface area contributed by atoms with E-state index in [-0.39, 0.29) is 18.6 Å². The van der Waals surface area contributed by atoms with Crippen LogP contribution >= 0.6 is 0 Å². The lowest BCUT2D eigenvalue weighted by atomic mass is 10.1. The van der Waals surface area contributed by atoms with Gasteiger partial charge in [0.1, 0.15) is 12.3 Å². The van der Waals surface area contributed by atoms with Crippen LogP contribution in [0, 0.1) is 0 Å². The van der Waals surface area contributed by atoms with E-state index in [1.807, 2.05) is 0 Å². The molecule has 2 amide bonds. The lowest BCUT2D eigenvalue weighted by molar-refractivity contribution is -0.138. The smallest absolute Gasteiger partial charge is 0.405 e. The van der Waals surface area contributed by atoms with Crippen LogP contribution in [-0.2, 0) is 9.59 Å². The summed E-state index contributed by atoms with van der Waals surface area (Å²) in [6.45, 7) is 0.674. The number of nitrogens with one attached hydrogen (secondary N) is 2. The maximum Gasteiger partial charge on any atom is 0.405 e. The Kier molecular flexibility index (Phi) is 10.0. The number of Topliss-reactive ketones (excluding diaryl/α,β-unsaturated/α-hetero) is 1. The van der Waals surface area contributed by atoms with Crippen molar-refractivity contribution in [2.75, 3.05) is 19.7 Å². The number of carbonyl (C=O) groups excluding carboxylic acids is 3. The Labute approximate surface area is 161 Å². The van der Waals surface area contributed by atoms with Gasteiger partial charge in [0.25, 0.3) is 0 Å². The second-order valence-electron chi connectivity index (χ2n) is 6.17. The molecule has 1 aromatic carbocycles. The Morgan fingerprint density at radius 2 is 1.64 bits per heavy atom. The molecule has 0 aliphatic rings. The average molecular weight is 402 g/mol. The zero-order chi connectivity index (χ0) is 21.0. The Bertz CT molecular complexity index is 646. The molecule has 0 fully saturated rings. The maximum atomic E-state index is 12.1. The molecule has 0 spiro atoms. The monoisotopic (exact) mass is 402 g/mol. The van der Waals surface area contributed by atoms with Crippen molar-refractivity contribution >= 4 is 17.6 Å². The molecule has 0 unspecified atom stereocenters. The maximum absolute atomic E-state index is 12.1. The minimum atomic E-state index is -4.51. The summed E-state index contributed by atoms with van der Waals surface area (Å²) in [5, 5.41) is 3.82. The van der Waals surface area contributed by atoms with E-state index in [4.69, 9.17) is 4.74 Å². The number of carbonyl (C=O) groups is 3. The van der Waals surface area contributed by atoms with Gasteiger partial charge in [-0.2, -0.15) is 13.2 Å². The largest absolute Gasteiger partial charge is 0.494 e. The first kappa shape index (κ1) is 23.5. The molecule has 156 valence electrons. The second-order valence-corrected chi connectivity index (χ2v) is 6.17. The van der Waals surface area contributed by atoms with E-state index >= 15 is 0 Å². The second kappa shape index (κ2) is 12.0. The van der Waals surface area contributed by atoms with Crippen molar-refractivity contribution in [3.63, 3.8) is 0 Å². The molecule has 0 radical (unpaired) electrons. The van der Waals surface area contributed by atoms with Gasteiger partial charge in [-0.15, -0.1) is 0 Å². The van der Waals surface area contributed by atoms with Crippen LogP contribution in [0.4, 0.5) is 13.2 Å². The van der Waals surface area contributed by atoms with Crippen molar-refractivity contribution in [2.45, 2.75) is 45.2 Å². The summed E-state index contributed by atoms with van der Waals surface area (Å²) in [7, 11) is 0. The third-order valence-corrected chi connectivity index (χ3v) is 3.70. The van der Waals surface area contributed by atoms with E-state index in [0.29, 0.717) is 17.9 Å². The highest BCUT2D eigenvalue weighted by Crippen LogP contribution is 2.15. The molecule has 0 aliphatic heterocycles. The van der Waals surface area contributed by atoms with Gasteiger partial charge < -0.3 is 15.4 Å². The number of ether oxygens (including phenoxy) is 1. The number of hydrogen-bond acceptors (Lipinski definition) is 4. The van der Waals surface area contributed by atoms with Crippen molar-refractivity contribution < 1.29 is 32.3 Å². The van der Waals surface area contributed by atoms with E-state index in [1.165, 1.54) is 0 Å².